The van der Waals surface area contributed by atoms with E-state index in [0.717, 1.165) is 18.6 Å². The first kappa shape index (κ1) is 13.0. The number of amides is 1. The standard InChI is InChI=1S/C15H20N2OS/c1-2-13-15(18)17(12-8-9-19-10-12)14(16-13)11-6-4-3-5-7-11/h3-7,12-14,16H,2,8-10H2,1H3. The molecule has 1 aromatic carbocycles. The first-order valence-corrected chi connectivity index (χ1v) is 8.17. The number of rotatable bonds is 3. The minimum atomic E-state index is -0.0178. The van der Waals surface area contributed by atoms with Crippen LogP contribution in [-0.4, -0.2) is 34.4 Å². The first-order valence-electron chi connectivity index (χ1n) is 7.02. The Balaban J connectivity index is 1.89. The number of carbonyl (C=O) groups is 1. The summed E-state index contributed by atoms with van der Waals surface area (Å²) < 4.78 is 0. The zero-order valence-electron chi connectivity index (χ0n) is 11.2. The van der Waals surface area contributed by atoms with Crippen LogP contribution in [0.15, 0.2) is 30.3 Å². The summed E-state index contributed by atoms with van der Waals surface area (Å²) >= 11 is 1.96. The number of benzene rings is 1. The topological polar surface area (TPSA) is 32.3 Å². The van der Waals surface area contributed by atoms with Crippen molar-refractivity contribution in [3.8, 4) is 0 Å². The van der Waals surface area contributed by atoms with Crippen LogP contribution in [0.25, 0.3) is 0 Å². The Kier molecular flexibility index (Phi) is 3.80. The second kappa shape index (κ2) is 5.55. The van der Waals surface area contributed by atoms with E-state index < -0.39 is 0 Å². The summed E-state index contributed by atoms with van der Waals surface area (Å²) in [7, 11) is 0. The molecule has 0 bridgehead atoms. The lowest BCUT2D eigenvalue weighted by Gasteiger charge is -2.30. The van der Waals surface area contributed by atoms with Crippen LogP contribution < -0.4 is 5.32 Å². The lowest BCUT2D eigenvalue weighted by atomic mass is 10.1. The van der Waals surface area contributed by atoms with Crippen LogP contribution in [0.3, 0.4) is 0 Å². The van der Waals surface area contributed by atoms with Crippen LogP contribution in [0.2, 0.25) is 0 Å². The molecule has 3 nitrogen and oxygen atoms in total. The number of hydrogen-bond donors (Lipinski definition) is 1. The predicted octanol–water partition coefficient (Wildman–Crippen LogP) is 2.40. The molecule has 2 heterocycles. The number of nitrogens with zero attached hydrogens (tertiary/aromatic N) is 1. The Morgan fingerprint density at radius 2 is 2.16 bits per heavy atom. The maximum atomic E-state index is 12.6. The molecule has 3 rings (SSSR count). The van der Waals surface area contributed by atoms with Gasteiger partial charge in [-0.1, -0.05) is 37.3 Å². The van der Waals surface area contributed by atoms with Crippen molar-refractivity contribution in [2.24, 2.45) is 0 Å². The summed E-state index contributed by atoms with van der Waals surface area (Å²) in [6.07, 6.45) is 2.04. The average Bonchev–Trinajstić information content (AvgIpc) is 3.07. The second-order valence-electron chi connectivity index (χ2n) is 5.20. The Labute approximate surface area is 118 Å². The molecule has 1 aromatic rings. The van der Waals surface area contributed by atoms with E-state index in [1.165, 1.54) is 11.3 Å². The second-order valence-corrected chi connectivity index (χ2v) is 6.35. The summed E-state index contributed by atoms with van der Waals surface area (Å²) in [6.45, 7) is 2.07. The Morgan fingerprint density at radius 3 is 2.79 bits per heavy atom. The highest BCUT2D eigenvalue weighted by Crippen LogP contribution is 2.33. The molecule has 3 unspecified atom stereocenters. The molecular weight excluding hydrogens is 256 g/mol. The van der Waals surface area contributed by atoms with Gasteiger partial charge in [0.2, 0.25) is 5.91 Å². The number of nitrogens with one attached hydrogen (secondary N) is 1. The third-order valence-corrected chi connectivity index (χ3v) is 5.16. The molecule has 3 atom stereocenters. The van der Waals surface area contributed by atoms with Crippen molar-refractivity contribution >= 4 is 17.7 Å². The fraction of sp³-hybridized carbons (Fsp3) is 0.533. The lowest BCUT2D eigenvalue weighted by molar-refractivity contribution is -0.132. The van der Waals surface area contributed by atoms with Gasteiger partial charge >= 0.3 is 0 Å². The fourth-order valence-corrected chi connectivity index (χ4v) is 4.17. The van der Waals surface area contributed by atoms with Crippen molar-refractivity contribution in [1.82, 2.24) is 10.2 Å². The van der Waals surface area contributed by atoms with E-state index in [-0.39, 0.29) is 18.1 Å². The third kappa shape index (κ3) is 2.39. The van der Waals surface area contributed by atoms with Gasteiger partial charge in [-0.25, -0.2) is 0 Å². The van der Waals surface area contributed by atoms with Gasteiger partial charge in [-0.3, -0.25) is 10.1 Å². The zero-order chi connectivity index (χ0) is 13.2. The predicted molar refractivity (Wildman–Crippen MR) is 79.0 cm³/mol. The van der Waals surface area contributed by atoms with Gasteiger partial charge < -0.3 is 4.90 Å². The summed E-state index contributed by atoms with van der Waals surface area (Å²) in [5.41, 5.74) is 1.20. The monoisotopic (exact) mass is 276 g/mol. The van der Waals surface area contributed by atoms with E-state index in [1.54, 1.807) is 0 Å². The van der Waals surface area contributed by atoms with Gasteiger partial charge in [0.1, 0.15) is 6.17 Å². The van der Waals surface area contributed by atoms with Crippen LogP contribution in [0, 0.1) is 0 Å². The van der Waals surface area contributed by atoms with E-state index in [9.17, 15) is 4.79 Å². The minimum Gasteiger partial charge on any atom is -0.318 e. The van der Waals surface area contributed by atoms with Crippen LogP contribution in [0.4, 0.5) is 0 Å². The molecule has 0 radical (unpaired) electrons. The molecule has 0 aromatic heterocycles. The lowest BCUT2D eigenvalue weighted by Crippen LogP contribution is -2.40. The Bertz CT molecular complexity index is 445. The van der Waals surface area contributed by atoms with E-state index in [2.05, 4.69) is 29.3 Å². The summed E-state index contributed by atoms with van der Waals surface area (Å²) in [4.78, 5) is 14.7. The number of hydrogen-bond acceptors (Lipinski definition) is 3. The molecule has 2 aliphatic rings. The van der Waals surface area contributed by atoms with Crippen molar-refractivity contribution in [3.63, 3.8) is 0 Å². The van der Waals surface area contributed by atoms with Crippen molar-refractivity contribution in [2.45, 2.75) is 38.0 Å². The molecule has 0 saturated carbocycles. The summed E-state index contributed by atoms with van der Waals surface area (Å²) in [6, 6.07) is 10.7. The molecule has 2 fully saturated rings. The summed E-state index contributed by atoms with van der Waals surface area (Å²) in [5, 5.41) is 3.50. The van der Waals surface area contributed by atoms with Crippen molar-refractivity contribution in [2.75, 3.05) is 11.5 Å². The van der Waals surface area contributed by atoms with Gasteiger partial charge in [0.15, 0.2) is 0 Å². The SMILES string of the molecule is CCC1NC(c2ccccc2)N(C2CCSC2)C1=O. The molecule has 2 aliphatic heterocycles. The number of carbonyl (C=O) groups excluding carboxylic acids is 1. The Hall–Kier alpha value is -1.00. The average molecular weight is 276 g/mol. The maximum Gasteiger partial charge on any atom is 0.241 e. The van der Waals surface area contributed by atoms with Gasteiger partial charge in [0.25, 0.3) is 0 Å². The van der Waals surface area contributed by atoms with E-state index in [1.807, 2.05) is 30.0 Å². The number of thioether (sulfide) groups is 1. The fourth-order valence-electron chi connectivity index (χ4n) is 2.97. The molecule has 0 spiro atoms. The van der Waals surface area contributed by atoms with E-state index >= 15 is 0 Å². The highest BCUT2D eigenvalue weighted by molar-refractivity contribution is 7.99. The Morgan fingerprint density at radius 1 is 1.37 bits per heavy atom. The highest BCUT2D eigenvalue weighted by Gasteiger charge is 2.42. The van der Waals surface area contributed by atoms with Crippen LogP contribution in [0.5, 0.6) is 0 Å². The zero-order valence-corrected chi connectivity index (χ0v) is 12.0. The molecule has 1 amide bonds. The van der Waals surface area contributed by atoms with Gasteiger partial charge in [-0.05, 0) is 24.2 Å². The maximum absolute atomic E-state index is 12.6. The molecule has 19 heavy (non-hydrogen) atoms. The largest absolute Gasteiger partial charge is 0.318 e. The first-order chi connectivity index (χ1) is 9.31. The van der Waals surface area contributed by atoms with Gasteiger partial charge in [0.05, 0.1) is 6.04 Å². The molecule has 0 aliphatic carbocycles. The van der Waals surface area contributed by atoms with Crippen LogP contribution in [-0.2, 0) is 4.79 Å². The quantitative estimate of drug-likeness (QED) is 0.920. The highest BCUT2D eigenvalue weighted by atomic mass is 32.2. The van der Waals surface area contributed by atoms with Crippen molar-refractivity contribution in [3.05, 3.63) is 35.9 Å². The molecule has 2 saturated heterocycles. The molecule has 1 N–H and O–H groups in total. The van der Waals surface area contributed by atoms with Crippen molar-refractivity contribution in [1.29, 1.82) is 0 Å². The molecular formula is C15H20N2OS. The smallest absolute Gasteiger partial charge is 0.241 e. The van der Waals surface area contributed by atoms with E-state index in [4.69, 9.17) is 0 Å². The third-order valence-electron chi connectivity index (χ3n) is 4.01. The van der Waals surface area contributed by atoms with Crippen LogP contribution in [0.1, 0.15) is 31.5 Å². The normalized spacial score (nSPS) is 31.1. The molecule has 102 valence electrons. The van der Waals surface area contributed by atoms with Crippen LogP contribution >= 0.6 is 11.8 Å². The molecule has 4 heteroatoms. The van der Waals surface area contributed by atoms with Gasteiger partial charge in [-0.15, -0.1) is 0 Å². The van der Waals surface area contributed by atoms with Gasteiger partial charge in [-0.2, -0.15) is 11.8 Å². The van der Waals surface area contributed by atoms with E-state index in [0.29, 0.717) is 6.04 Å². The van der Waals surface area contributed by atoms with Crippen molar-refractivity contribution < 1.29 is 4.79 Å². The minimum absolute atomic E-state index is 0.0178. The van der Waals surface area contributed by atoms with Gasteiger partial charge in [0, 0.05) is 11.8 Å². The summed E-state index contributed by atoms with van der Waals surface area (Å²) in [5.74, 6) is 2.53.